The van der Waals surface area contributed by atoms with Gasteiger partial charge in [0.25, 0.3) is 0 Å². The second-order valence-corrected chi connectivity index (χ2v) is 6.65. The van der Waals surface area contributed by atoms with Crippen LogP contribution in [0.25, 0.3) is 6.08 Å². The zero-order chi connectivity index (χ0) is 16.7. The molecule has 1 aliphatic carbocycles. The average Bonchev–Trinajstić information content (AvgIpc) is 3.26. The molecule has 0 saturated heterocycles. The molecule has 5 heteroatoms. The van der Waals surface area contributed by atoms with Gasteiger partial charge in [0.15, 0.2) is 0 Å². The molecule has 1 fully saturated rings. The van der Waals surface area contributed by atoms with Crippen LogP contribution in [-0.4, -0.2) is 16.6 Å². The predicted molar refractivity (Wildman–Crippen MR) is 90.0 cm³/mol. The highest BCUT2D eigenvalue weighted by atomic mass is 16.3. The van der Waals surface area contributed by atoms with Gasteiger partial charge in [-0.3, -0.25) is 4.79 Å². The standard InChI is InChI=1S/C19H20N2O3/c1-12-9-14(11-15-5-3-7-23-15)18-16(10-12)19(17-6-4-8-24-17)21(20-18)13(2)22/h3-8,11-12,16,19H,9-10H2,1-2H3/b14-11+/t12-,16+,19-/m1/s1. The number of carbonyl (C=O) groups excluding carboxylic acids is 1. The van der Waals surface area contributed by atoms with Gasteiger partial charge in [-0.1, -0.05) is 6.92 Å². The van der Waals surface area contributed by atoms with E-state index in [4.69, 9.17) is 8.83 Å². The molecular weight excluding hydrogens is 304 g/mol. The number of carbonyl (C=O) groups is 1. The van der Waals surface area contributed by atoms with Gasteiger partial charge < -0.3 is 8.83 Å². The lowest BCUT2D eigenvalue weighted by Crippen LogP contribution is -2.32. The quantitative estimate of drug-likeness (QED) is 0.829. The Kier molecular flexibility index (Phi) is 3.63. The van der Waals surface area contributed by atoms with E-state index in [0.29, 0.717) is 5.92 Å². The van der Waals surface area contributed by atoms with Crippen LogP contribution in [0.3, 0.4) is 0 Å². The van der Waals surface area contributed by atoms with E-state index < -0.39 is 0 Å². The van der Waals surface area contributed by atoms with Crippen molar-refractivity contribution in [2.45, 2.75) is 32.7 Å². The van der Waals surface area contributed by atoms with Crippen LogP contribution in [0.5, 0.6) is 0 Å². The average molecular weight is 324 g/mol. The lowest BCUT2D eigenvalue weighted by atomic mass is 9.74. The minimum absolute atomic E-state index is 0.0664. The van der Waals surface area contributed by atoms with E-state index in [2.05, 4.69) is 12.0 Å². The van der Waals surface area contributed by atoms with E-state index in [-0.39, 0.29) is 17.9 Å². The summed E-state index contributed by atoms with van der Waals surface area (Å²) in [6.45, 7) is 3.79. The van der Waals surface area contributed by atoms with Crippen molar-refractivity contribution in [1.29, 1.82) is 0 Å². The highest BCUT2D eigenvalue weighted by Gasteiger charge is 2.45. The Morgan fingerprint density at radius 1 is 1.29 bits per heavy atom. The van der Waals surface area contributed by atoms with Crippen LogP contribution in [0.1, 0.15) is 44.3 Å². The lowest BCUT2D eigenvalue weighted by molar-refractivity contribution is -0.131. The van der Waals surface area contributed by atoms with Crippen molar-refractivity contribution in [3.05, 3.63) is 53.9 Å². The first-order valence-electron chi connectivity index (χ1n) is 8.29. The Balaban J connectivity index is 1.77. The molecule has 1 saturated carbocycles. The first-order chi connectivity index (χ1) is 11.6. The van der Waals surface area contributed by atoms with Crippen LogP contribution in [0.4, 0.5) is 0 Å². The third kappa shape index (κ3) is 2.50. The Bertz CT molecular complexity index is 787. The van der Waals surface area contributed by atoms with Crippen molar-refractivity contribution in [3.63, 3.8) is 0 Å². The molecule has 3 heterocycles. The van der Waals surface area contributed by atoms with Crippen molar-refractivity contribution >= 4 is 17.7 Å². The van der Waals surface area contributed by atoms with Crippen LogP contribution in [-0.2, 0) is 4.79 Å². The Morgan fingerprint density at radius 3 is 2.75 bits per heavy atom. The molecule has 124 valence electrons. The highest BCUT2D eigenvalue weighted by Crippen LogP contribution is 2.46. The van der Waals surface area contributed by atoms with Crippen LogP contribution in [0.15, 0.2) is 56.3 Å². The minimum Gasteiger partial charge on any atom is -0.467 e. The SMILES string of the molecule is CC(=O)N1N=C2/C(=C/c3ccco3)C[C@@H](C)C[C@@H]2[C@@H]1c1ccco1. The predicted octanol–water partition coefficient (Wildman–Crippen LogP) is 4.26. The summed E-state index contributed by atoms with van der Waals surface area (Å²) in [5.74, 6) is 2.21. The van der Waals surface area contributed by atoms with Gasteiger partial charge in [-0.05, 0) is 54.7 Å². The zero-order valence-electron chi connectivity index (χ0n) is 13.8. The van der Waals surface area contributed by atoms with Crippen molar-refractivity contribution in [3.8, 4) is 0 Å². The number of rotatable bonds is 2. The van der Waals surface area contributed by atoms with Gasteiger partial charge in [0.05, 0.1) is 18.2 Å². The molecule has 0 radical (unpaired) electrons. The fraction of sp³-hybridized carbons (Fsp3) is 0.368. The van der Waals surface area contributed by atoms with Crippen LogP contribution in [0, 0.1) is 11.8 Å². The second kappa shape index (κ2) is 5.82. The van der Waals surface area contributed by atoms with E-state index in [9.17, 15) is 4.79 Å². The van der Waals surface area contributed by atoms with Gasteiger partial charge >= 0.3 is 0 Å². The summed E-state index contributed by atoms with van der Waals surface area (Å²) in [6, 6.07) is 7.44. The van der Waals surface area contributed by atoms with Crippen LogP contribution in [0.2, 0.25) is 0 Å². The van der Waals surface area contributed by atoms with Gasteiger partial charge in [-0.15, -0.1) is 0 Å². The third-order valence-corrected chi connectivity index (χ3v) is 4.78. The molecule has 5 nitrogen and oxygen atoms in total. The maximum absolute atomic E-state index is 12.1. The summed E-state index contributed by atoms with van der Waals surface area (Å²) in [5.41, 5.74) is 2.13. The molecule has 1 amide bonds. The summed E-state index contributed by atoms with van der Waals surface area (Å²) in [6.07, 6.45) is 7.29. The molecule has 0 N–H and O–H groups in total. The van der Waals surface area contributed by atoms with Gasteiger partial charge in [0, 0.05) is 12.8 Å². The fourth-order valence-corrected chi connectivity index (χ4v) is 3.83. The highest BCUT2D eigenvalue weighted by molar-refractivity contribution is 6.07. The van der Waals surface area contributed by atoms with Crippen molar-refractivity contribution in [2.75, 3.05) is 0 Å². The van der Waals surface area contributed by atoms with Gasteiger partial charge in [0.1, 0.15) is 17.6 Å². The monoisotopic (exact) mass is 324 g/mol. The van der Waals surface area contributed by atoms with Gasteiger partial charge in [0.2, 0.25) is 5.91 Å². The molecule has 0 aromatic carbocycles. The molecule has 4 rings (SSSR count). The first kappa shape index (κ1) is 15.0. The molecular formula is C19H20N2O3. The van der Waals surface area contributed by atoms with Crippen molar-refractivity contribution in [2.24, 2.45) is 16.9 Å². The Hall–Kier alpha value is -2.56. The molecule has 0 spiro atoms. The number of furan rings is 2. The summed E-state index contributed by atoms with van der Waals surface area (Å²) in [7, 11) is 0. The van der Waals surface area contributed by atoms with Gasteiger partial charge in [-0.2, -0.15) is 5.10 Å². The Morgan fingerprint density at radius 2 is 2.08 bits per heavy atom. The lowest BCUT2D eigenvalue weighted by Gasteiger charge is -2.30. The van der Waals surface area contributed by atoms with E-state index in [1.54, 1.807) is 24.5 Å². The summed E-state index contributed by atoms with van der Waals surface area (Å²) in [5, 5.41) is 6.25. The summed E-state index contributed by atoms with van der Waals surface area (Å²) < 4.78 is 11.1. The maximum Gasteiger partial charge on any atom is 0.240 e. The first-order valence-corrected chi connectivity index (χ1v) is 8.29. The minimum atomic E-state index is -0.157. The summed E-state index contributed by atoms with van der Waals surface area (Å²) >= 11 is 0. The van der Waals surface area contributed by atoms with E-state index >= 15 is 0 Å². The smallest absolute Gasteiger partial charge is 0.240 e. The molecule has 2 aromatic heterocycles. The van der Waals surface area contributed by atoms with E-state index in [1.807, 2.05) is 30.3 Å². The molecule has 2 aromatic rings. The molecule has 24 heavy (non-hydrogen) atoms. The van der Waals surface area contributed by atoms with E-state index in [1.165, 1.54) is 0 Å². The second-order valence-electron chi connectivity index (χ2n) is 6.65. The normalized spacial score (nSPS) is 28.1. The van der Waals surface area contributed by atoms with Crippen LogP contribution < -0.4 is 0 Å². The number of fused-ring (bicyclic) bond motifs is 1. The Labute approximate surface area is 140 Å². The number of allylic oxidation sites excluding steroid dienone is 1. The molecule has 3 atom stereocenters. The molecule has 0 unspecified atom stereocenters. The number of hydrazone groups is 1. The van der Waals surface area contributed by atoms with Crippen molar-refractivity contribution in [1.82, 2.24) is 5.01 Å². The number of nitrogens with zero attached hydrogens (tertiary/aromatic N) is 2. The van der Waals surface area contributed by atoms with Gasteiger partial charge in [-0.25, -0.2) is 5.01 Å². The molecule has 0 bridgehead atoms. The fourth-order valence-electron chi connectivity index (χ4n) is 3.83. The van der Waals surface area contributed by atoms with Crippen molar-refractivity contribution < 1.29 is 13.6 Å². The molecule has 2 aliphatic rings. The number of hydrogen-bond donors (Lipinski definition) is 0. The van der Waals surface area contributed by atoms with Crippen LogP contribution >= 0.6 is 0 Å². The topological polar surface area (TPSA) is 59.0 Å². The third-order valence-electron chi connectivity index (χ3n) is 4.78. The largest absolute Gasteiger partial charge is 0.467 e. The van der Waals surface area contributed by atoms with E-state index in [0.717, 1.165) is 35.6 Å². The maximum atomic E-state index is 12.1. The molecule has 1 aliphatic heterocycles. The zero-order valence-corrected chi connectivity index (χ0v) is 13.8. The number of hydrogen-bond acceptors (Lipinski definition) is 4. The number of amides is 1. The summed E-state index contributed by atoms with van der Waals surface area (Å²) in [4.78, 5) is 12.1.